The van der Waals surface area contributed by atoms with Gasteiger partial charge in [0.05, 0.1) is 18.0 Å². The van der Waals surface area contributed by atoms with Gasteiger partial charge in [-0.15, -0.1) is 0 Å². The SMILES string of the molecule is COc1ccc(/C=C/C=Nn2c(C(C)C)nc3ccc(Br)cc3c2=O)cc1. The number of benzene rings is 2. The van der Waals surface area contributed by atoms with E-state index in [0.29, 0.717) is 16.7 Å². The quantitative estimate of drug-likeness (QED) is 0.549. The van der Waals surface area contributed by atoms with E-state index < -0.39 is 0 Å². The summed E-state index contributed by atoms with van der Waals surface area (Å²) in [7, 11) is 1.64. The first-order valence-corrected chi connectivity index (χ1v) is 9.36. The molecule has 27 heavy (non-hydrogen) atoms. The molecule has 3 rings (SSSR count). The van der Waals surface area contributed by atoms with E-state index in [1.165, 1.54) is 4.68 Å². The Labute approximate surface area is 166 Å². The van der Waals surface area contributed by atoms with E-state index >= 15 is 0 Å². The molecule has 0 fully saturated rings. The van der Waals surface area contributed by atoms with Crippen molar-refractivity contribution in [1.82, 2.24) is 9.66 Å². The number of nitrogens with zero attached hydrogens (tertiary/aromatic N) is 3. The van der Waals surface area contributed by atoms with Gasteiger partial charge in [-0.2, -0.15) is 9.78 Å². The van der Waals surface area contributed by atoms with Gasteiger partial charge in [-0.3, -0.25) is 4.79 Å². The lowest BCUT2D eigenvalue weighted by atomic mass is 10.2. The highest BCUT2D eigenvalue weighted by Gasteiger charge is 2.13. The number of hydrogen-bond acceptors (Lipinski definition) is 4. The fourth-order valence-corrected chi connectivity index (χ4v) is 2.99. The van der Waals surface area contributed by atoms with Crippen molar-refractivity contribution in [3.8, 4) is 5.75 Å². The minimum absolute atomic E-state index is 0.0634. The lowest BCUT2D eigenvalue weighted by molar-refractivity contribution is 0.415. The largest absolute Gasteiger partial charge is 0.497 e. The molecule has 0 aliphatic rings. The molecule has 0 unspecified atom stereocenters. The standard InChI is InChI=1S/C21H20BrN3O2/c1-14(2)20-24-19-11-8-16(22)13-18(19)21(26)25(20)23-12-4-5-15-6-9-17(27-3)10-7-15/h4-14H,1-3H3/b5-4+,23-12?. The molecular formula is C21H20BrN3O2. The summed E-state index contributed by atoms with van der Waals surface area (Å²) in [4.78, 5) is 17.5. The zero-order valence-corrected chi connectivity index (χ0v) is 17.0. The summed E-state index contributed by atoms with van der Waals surface area (Å²) < 4.78 is 7.35. The van der Waals surface area contributed by atoms with Crippen LogP contribution in [0, 0.1) is 0 Å². The van der Waals surface area contributed by atoms with Gasteiger partial charge >= 0.3 is 0 Å². The van der Waals surface area contributed by atoms with Crippen LogP contribution in [0.1, 0.15) is 31.2 Å². The van der Waals surface area contributed by atoms with Crippen molar-refractivity contribution in [1.29, 1.82) is 0 Å². The zero-order valence-electron chi connectivity index (χ0n) is 15.4. The first kappa shape index (κ1) is 19.0. The molecule has 0 aliphatic heterocycles. The average Bonchev–Trinajstić information content (AvgIpc) is 2.67. The number of allylic oxidation sites excluding steroid dienone is 1. The van der Waals surface area contributed by atoms with Gasteiger partial charge in [0.25, 0.3) is 5.56 Å². The molecular weight excluding hydrogens is 406 g/mol. The highest BCUT2D eigenvalue weighted by Crippen LogP contribution is 2.19. The molecule has 5 nitrogen and oxygen atoms in total. The van der Waals surface area contributed by atoms with Crippen LogP contribution in [0.2, 0.25) is 0 Å². The number of aromatic nitrogens is 2. The van der Waals surface area contributed by atoms with E-state index in [2.05, 4.69) is 26.0 Å². The van der Waals surface area contributed by atoms with Crippen LogP contribution in [0.25, 0.3) is 17.0 Å². The van der Waals surface area contributed by atoms with Gasteiger partial charge in [0, 0.05) is 16.6 Å². The highest BCUT2D eigenvalue weighted by atomic mass is 79.9. The van der Waals surface area contributed by atoms with E-state index in [4.69, 9.17) is 4.74 Å². The first-order chi connectivity index (χ1) is 13.0. The number of halogens is 1. The Kier molecular flexibility index (Phi) is 5.86. The number of methoxy groups -OCH3 is 1. The molecule has 0 spiro atoms. The van der Waals surface area contributed by atoms with E-state index in [0.717, 1.165) is 15.8 Å². The Morgan fingerprint density at radius 3 is 2.59 bits per heavy atom. The van der Waals surface area contributed by atoms with Crippen LogP contribution < -0.4 is 10.3 Å². The van der Waals surface area contributed by atoms with Crippen molar-refractivity contribution < 1.29 is 4.74 Å². The molecule has 138 valence electrons. The third-order valence-corrected chi connectivity index (χ3v) is 4.52. The van der Waals surface area contributed by atoms with Gasteiger partial charge in [0.2, 0.25) is 0 Å². The lowest BCUT2D eigenvalue weighted by Crippen LogP contribution is -2.23. The van der Waals surface area contributed by atoms with Crippen LogP contribution in [0.4, 0.5) is 0 Å². The molecule has 6 heteroatoms. The Balaban J connectivity index is 1.95. The van der Waals surface area contributed by atoms with Crippen LogP contribution in [0.3, 0.4) is 0 Å². The predicted octanol–water partition coefficient (Wildman–Crippen LogP) is 4.84. The van der Waals surface area contributed by atoms with Crippen molar-refractivity contribution in [2.45, 2.75) is 19.8 Å². The van der Waals surface area contributed by atoms with E-state index in [-0.39, 0.29) is 11.5 Å². The van der Waals surface area contributed by atoms with E-state index in [1.54, 1.807) is 25.5 Å². The Morgan fingerprint density at radius 2 is 1.93 bits per heavy atom. The van der Waals surface area contributed by atoms with Crippen LogP contribution >= 0.6 is 15.9 Å². The lowest BCUT2D eigenvalue weighted by Gasteiger charge is -2.11. The molecule has 2 aromatic carbocycles. The third kappa shape index (κ3) is 4.34. The maximum Gasteiger partial charge on any atom is 0.282 e. The van der Waals surface area contributed by atoms with Crippen molar-refractivity contribution >= 4 is 39.1 Å². The molecule has 0 saturated heterocycles. The molecule has 0 N–H and O–H groups in total. The molecule has 1 heterocycles. The predicted molar refractivity (Wildman–Crippen MR) is 114 cm³/mol. The van der Waals surface area contributed by atoms with E-state index in [1.807, 2.05) is 56.3 Å². The Morgan fingerprint density at radius 1 is 1.19 bits per heavy atom. The van der Waals surface area contributed by atoms with Gasteiger partial charge in [0.1, 0.15) is 11.6 Å². The smallest absolute Gasteiger partial charge is 0.282 e. The van der Waals surface area contributed by atoms with Gasteiger partial charge < -0.3 is 4.74 Å². The summed E-state index contributed by atoms with van der Waals surface area (Å²) in [5.41, 5.74) is 1.51. The second kappa shape index (κ2) is 8.31. The number of ether oxygens (including phenoxy) is 1. The van der Waals surface area contributed by atoms with Crippen LogP contribution in [-0.4, -0.2) is 23.0 Å². The number of hydrogen-bond donors (Lipinski definition) is 0. The molecule has 0 aliphatic carbocycles. The maximum atomic E-state index is 12.9. The number of fused-ring (bicyclic) bond motifs is 1. The second-order valence-corrected chi connectivity index (χ2v) is 7.22. The van der Waals surface area contributed by atoms with Crippen LogP contribution in [-0.2, 0) is 0 Å². The fraction of sp³-hybridized carbons (Fsp3) is 0.190. The van der Waals surface area contributed by atoms with Crippen molar-refractivity contribution in [3.63, 3.8) is 0 Å². The summed E-state index contributed by atoms with van der Waals surface area (Å²) >= 11 is 3.40. The summed E-state index contributed by atoms with van der Waals surface area (Å²) in [5, 5.41) is 4.88. The third-order valence-electron chi connectivity index (χ3n) is 4.02. The molecule has 0 saturated carbocycles. The van der Waals surface area contributed by atoms with Gasteiger partial charge in [-0.25, -0.2) is 4.98 Å². The second-order valence-electron chi connectivity index (χ2n) is 6.30. The Bertz CT molecular complexity index is 1070. The summed E-state index contributed by atoms with van der Waals surface area (Å²) in [6.07, 6.45) is 5.31. The highest BCUT2D eigenvalue weighted by molar-refractivity contribution is 9.10. The van der Waals surface area contributed by atoms with Crippen LogP contribution in [0.15, 0.2) is 62.9 Å². The maximum absolute atomic E-state index is 12.9. The van der Waals surface area contributed by atoms with Crippen molar-refractivity contribution in [3.05, 3.63) is 74.8 Å². The summed E-state index contributed by atoms with van der Waals surface area (Å²) in [6.45, 7) is 3.98. The number of rotatable bonds is 5. The fourth-order valence-electron chi connectivity index (χ4n) is 2.63. The monoisotopic (exact) mass is 425 g/mol. The van der Waals surface area contributed by atoms with Crippen molar-refractivity contribution in [2.75, 3.05) is 7.11 Å². The normalized spacial score (nSPS) is 11.9. The van der Waals surface area contributed by atoms with Gasteiger partial charge in [-0.1, -0.05) is 48.0 Å². The summed E-state index contributed by atoms with van der Waals surface area (Å²) in [6, 6.07) is 13.2. The van der Waals surface area contributed by atoms with Gasteiger partial charge in [0.15, 0.2) is 0 Å². The topological polar surface area (TPSA) is 56.5 Å². The van der Waals surface area contributed by atoms with Crippen LogP contribution in [0.5, 0.6) is 5.75 Å². The van der Waals surface area contributed by atoms with Crippen molar-refractivity contribution in [2.24, 2.45) is 5.10 Å². The molecule has 0 atom stereocenters. The van der Waals surface area contributed by atoms with E-state index in [9.17, 15) is 4.79 Å². The first-order valence-electron chi connectivity index (χ1n) is 8.57. The molecule has 1 aromatic heterocycles. The average molecular weight is 426 g/mol. The van der Waals surface area contributed by atoms with Gasteiger partial charge in [-0.05, 0) is 42.0 Å². The minimum Gasteiger partial charge on any atom is -0.497 e. The molecule has 0 amide bonds. The minimum atomic E-state index is -0.181. The summed E-state index contributed by atoms with van der Waals surface area (Å²) in [5.74, 6) is 1.50. The molecule has 0 bridgehead atoms. The molecule has 0 radical (unpaired) electrons. The molecule has 3 aromatic rings. The Hall–Kier alpha value is -2.73. The zero-order chi connectivity index (χ0) is 19.4.